The molecule has 1 rings (SSSR count). The van der Waals surface area contributed by atoms with Gasteiger partial charge in [-0.15, -0.1) is 0 Å². The molecule has 1 aromatic rings. The highest BCUT2D eigenvalue weighted by Gasteiger charge is 2.23. The SMILES string of the molecule is CCC[C@H](C)NC(=O)CN(c1ccccc1Cl)S(C)(=O)=O. The van der Waals surface area contributed by atoms with E-state index in [4.69, 9.17) is 11.6 Å². The van der Waals surface area contributed by atoms with Gasteiger partial charge in [0.2, 0.25) is 15.9 Å². The van der Waals surface area contributed by atoms with E-state index in [1.54, 1.807) is 24.3 Å². The van der Waals surface area contributed by atoms with Gasteiger partial charge in [-0.05, 0) is 25.5 Å². The van der Waals surface area contributed by atoms with Crippen molar-refractivity contribution in [1.82, 2.24) is 5.32 Å². The van der Waals surface area contributed by atoms with Crippen molar-refractivity contribution in [1.29, 1.82) is 0 Å². The molecule has 0 spiro atoms. The molecular weight excluding hydrogens is 312 g/mol. The first-order valence-corrected chi connectivity index (χ1v) is 9.00. The van der Waals surface area contributed by atoms with Gasteiger partial charge in [-0.1, -0.05) is 37.1 Å². The molecule has 1 N–H and O–H groups in total. The van der Waals surface area contributed by atoms with Gasteiger partial charge in [0.1, 0.15) is 6.54 Å². The summed E-state index contributed by atoms with van der Waals surface area (Å²) in [6.45, 7) is 3.63. The number of halogens is 1. The van der Waals surface area contributed by atoms with Crippen molar-refractivity contribution in [2.75, 3.05) is 17.1 Å². The van der Waals surface area contributed by atoms with Crippen LogP contribution in [0, 0.1) is 0 Å². The summed E-state index contributed by atoms with van der Waals surface area (Å²) >= 11 is 6.03. The Kier molecular flexibility index (Phi) is 6.48. The molecule has 1 amide bonds. The molecule has 0 unspecified atom stereocenters. The Morgan fingerprint density at radius 3 is 2.52 bits per heavy atom. The van der Waals surface area contributed by atoms with Crippen molar-refractivity contribution in [3.63, 3.8) is 0 Å². The number of carbonyl (C=O) groups excluding carboxylic acids is 1. The summed E-state index contributed by atoms with van der Waals surface area (Å²) in [4.78, 5) is 12.0. The number of nitrogens with one attached hydrogen (secondary N) is 1. The molecule has 0 fully saturated rings. The predicted octanol–water partition coefficient (Wildman–Crippen LogP) is 2.41. The number of carbonyl (C=O) groups is 1. The zero-order chi connectivity index (χ0) is 16.0. The van der Waals surface area contributed by atoms with Crippen LogP contribution in [0.4, 0.5) is 5.69 Å². The van der Waals surface area contributed by atoms with Gasteiger partial charge >= 0.3 is 0 Å². The third-order valence-electron chi connectivity index (χ3n) is 2.94. The van der Waals surface area contributed by atoms with E-state index in [9.17, 15) is 13.2 Å². The van der Waals surface area contributed by atoms with Crippen LogP contribution in [0.1, 0.15) is 26.7 Å². The summed E-state index contributed by atoms with van der Waals surface area (Å²) in [7, 11) is -3.60. The number of nitrogens with zero attached hydrogens (tertiary/aromatic N) is 1. The van der Waals surface area contributed by atoms with E-state index >= 15 is 0 Å². The average Bonchev–Trinajstić information content (AvgIpc) is 2.36. The fraction of sp³-hybridized carbons (Fsp3) is 0.500. The van der Waals surface area contributed by atoms with E-state index in [0.717, 1.165) is 23.4 Å². The Morgan fingerprint density at radius 2 is 2.00 bits per heavy atom. The molecule has 0 bridgehead atoms. The topological polar surface area (TPSA) is 66.5 Å². The third-order valence-corrected chi connectivity index (χ3v) is 4.38. The molecule has 0 aromatic heterocycles. The van der Waals surface area contributed by atoms with Crippen LogP contribution in [0.25, 0.3) is 0 Å². The lowest BCUT2D eigenvalue weighted by Gasteiger charge is -2.23. The van der Waals surface area contributed by atoms with Gasteiger partial charge in [-0.25, -0.2) is 8.42 Å². The van der Waals surface area contributed by atoms with Crippen LogP contribution in [0.3, 0.4) is 0 Å². The standard InChI is InChI=1S/C14H21ClN2O3S/c1-4-7-11(2)16-14(18)10-17(21(3,19)20)13-9-6-5-8-12(13)15/h5-6,8-9,11H,4,7,10H2,1-3H3,(H,16,18)/t11-/m0/s1. The van der Waals surface area contributed by atoms with Gasteiger partial charge in [0.15, 0.2) is 0 Å². The zero-order valence-electron chi connectivity index (χ0n) is 12.5. The molecule has 0 aliphatic carbocycles. The van der Waals surface area contributed by atoms with E-state index < -0.39 is 10.0 Å². The van der Waals surface area contributed by atoms with E-state index in [2.05, 4.69) is 5.32 Å². The molecule has 0 saturated heterocycles. The summed E-state index contributed by atoms with van der Waals surface area (Å²) in [5, 5.41) is 3.07. The molecule has 0 heterocycles. The molecule has 0 radical (unpaired) electrons. The number of amides is 1. The van der Waals surface area contributed by atoms with Crippen LogP contribution in [-0.4, -0.2) is 33.2 Å². The first-order valence-electron chi connectivity index (χ1n) is 6.77. The lowest BCUT2D eigenvalue weighted by Crippen LogP contribution is -2.43. The van der Waals surface area contributed by atoms with E-state index in [1.165, 1.54) is 0 Å². The van der Waals surface area contributed by atoms with Gasteiger partial charge in [0, 0.05) is 6.04 Å². The Bertz CT molecular complexity index is 590. The highest BCUT2D eigenvalue weighted by molar-refractivity contribution is 7.92. The number of sulfonamides is 1. The number of hydrogen-bond donors (Lipinski definition) is 1. The van der Waals surface area contributed by atoms with Crippen LogP contribution < -0.4 is 9.62 Å². The molecule has 21 heavy (non-hydrogen) atoms. The van der Waals surface area contributed by atoms with E-state index in [0.29, 0.717) is 5.69 Å². The second-order valence-corrected chi connectivity index (χ2v) is 7.29. The lowest BCUT2D eigenvalue weighted by molar-refractivity contribution is -0.120. The van der Waals surface area contributed by atoms with E-state index in [-0.39, 0.29) is 23.5 Å². The van der Waals surface area contributed by atoms with Gasteiger partial charge in [-0.3, -0.25) is 9.10 Å². The Hall–Kier alpha value is -1.27. The van der Waals surface area contributed by atoms with Crippen molar-refractivity contribution in [2.24, 2.45) is 0 Å². The second kappa shape index (κ2) is 7.66. The molecule has 7 heteroatoms. The number of hydrogen-bond acceptors (Lipinski definition) is 3. The van der Waals surface area contributed by atoms with Crippen molar-refractivity contribution in [3.05, 3.63) is 29.3 Å². The first kappa shape index (κ1) is 17.8. The molecule has 1 atom stereocenters. The lowest BCUT2D eigenvalue weighted by atomic mass is 10.2. The van der Waals surface area contributed by atoms with Crippen LogP contribution in [0.5, 0.6) is 0 Å². The maximum absolute atomic E-state index is 12.0. The van der Waals surface area contributed by atoms with Gasteiger partial charge in [0.25, 0.3) is 0 Å². The van der Waals surface area contributed by atoms with Crippen molar-refractivity contribution >= 4 is 33.2 Å². The first-order chi connectivity index (χ1) is 9.75. The summed E-state index contributed by atoms with van der Waals surface area (Å²) in [6, 6.07) is 6.56. The molecule has 0 aliphatic rings. The smallest absolute Gasteiger partial charge is 0.240 e. The largest absolute Gasteiger partial charge is 0.352 e. The summed E-state index contributed by atoms with van der Waals surface area (Å²) in [5.74, 6) is -0.346. The third kappa shape index (κ3) is 5.55. The zero-order valence-corrected chi connectivity index (χ0v) is 14.0. The van der Waals surface area contributed by atoms with E-state index in [1.807, 2.05) is 13.8 Å². The minimum absolute atomic E-state index is 0.00940. The van der Waals surface area contributed by atoms with Crippen molar-refractivity contribution in [2.45, 2.75) is 32.7 Å². The second-order valence-electron chi connectivity index (χ2n) is 4.98. The molecule has 1 aromatic carbocycles. The minimum Gasteiger partial charge on any atom is -0.352 e. The molecule has 0 saturated carbocycles. The summed E-state index contributed by atoms with van der Waals surface area (Å²) in [5.41, 5.74) is 0.306. The predicted molar refractivity (Wildman–Crippen MR) is 86.2 cm³/mol. The van der Waals surface area contributed by atoms with Gasteiger partial charge in [-0.2, -0.15) is 0 Å². The van der Waals surface area contributed by atoms with Crippen LogP contribution in [-0.2, 0) is 14.8 Å². The average molecular weight is 333 g/mol. The Labute approximate surface area is 131 Å². The highest BCUT2D eigenvalue weighted by Crippen LogP contribution is 2.26. The monoisotopic (exact) mass is 332 g/mol. The maximum atomic E-state index is 12.0. The van der Waals surface area contributed by atoms with Crippen molar-refractivity contribution < 1.29 is 13.2 Å². The fourth-order valence-corrected chi connectivity index (χ4v) is 3.15. The maximum Gasteiger partial charge on any atom is 0.240 e. The number of rotatable bonds is 7. The minimum atomic E-state index is -3.60. The quantitative estimate of drug-likeness (QED) is 0.833. The van der Waals surface area contributed by atoms with Crippen LogP contribution >= 0.6 is 11.6 Å². The normalized spacial score (nSPS) is 12.8. The molecule has 118 valence electrons. The van der Waals surface area contributed by atoms with Gasteiger partial charge < -0.3 is 5.32 Å². The highest BCUT2D eigenvalue weighted by atomic mass is 35.5. The fourth-order valence-electron chi connectivity index (χ4n) is 1.99. The number of benzene rings is 1. The summed E-state index contributed by atoms with van der Waals surface area (Å²) in [6.07, 6.45) is 2.84. The van der Waals surface area contributed by atoms with Crippen LogP contribution in [0.15, 0.2) is 24.3 Å². The molecule has 0 aliphatic heterocycles. The van der Waals surface area contributed by atoms with Crippen LogP contribution in [0.2, 0.25) is 5.02 Å². The van der Waals surface area contributed by atoms with Crippen molar-refractivity contribution in [3.8, 4) is 0 Å². The molecular formula is C14H21ClN2O3S. The van der Waals surface area contributed by atoms with Gasteiger partial charge in [0.05, 0.1) is 17.0 Å². The Balaban J connectivity index is 2.92. The number of para-hydroxylation sites is 1. The Morgan fingerprint density at radius 1 is 1.38 bits per heavy atom. The summed E-state index contributed by atoms with van der Waals surface area (Å²) < 4.78 is 24.9. The number of anilines is 1. The molecule has 5 nitrogen and oxygen atoms in total.